The zero-order chi connectivity index (χ0) is 21.0. The van der Waals surface area contributed by atoms with E-state index in [1.165, 1.54) is 0 Å². The highest BCUT2D eigenvalue weighted by molar-refractivity contribution is 7.89. The number of aromatic nitrogens is 1. The molecule has 0 saturated carbocycles. The third-order valence-electron chi connectivity index (χ3n) is 5.16. The molecule has 3 rings (SSSR count). The lowest BCUT2D eigenvalue weighted by Gasteiger charge is -2.30. The Morgan fingerprint density at radius 2 is 2.00 bits per heavy atom. The van der Waals surface area contributed by atoms with Crippen LogP contribution in [0.3, 0.4) is 0 Å². The summed E-state index contributed by atoms with van der Waals surface area (Å²) in [6.45, 7) is 5.00. The Labute approximate surface area is 172 Å². The fraction of sp³-hybridized carbons (Fsp3) is 0.429. The van der Waals surface area contributed by atoms with Gasteiger partial charge in [0.1, 0.15) is 5.75 Å². The maximum absolute atomic E-state index is 12.9. The van der Waals surface area contributed by atoms with Crippen molar-refractivity contribution in [1.82, 2.24) is 14.6 Å². The molecule has 7 nitrogen and oxygen atoms in total. The van der Waals surface area contributed by atoms with E-state index in [1.807, 2.05) is 13.8 Å². The first-order valence-electron chi connectivity index (χ1n) is 9.71. The van der Waals surface area contributed by atoms with E-state index in [2.05, 4.69) is 9.71 Å². The molecule has 0 saturated heterocycles. The van der Waals surface area contributed by atoms with Crippen molar-refractivity contribution >= 4 is 15.9 Å². The van der Waals surface area contributed by atoms with Crippen LogP contribution >= 0.6 is 0 Å². The van der Waals surface area contributed by atoms with Gasteiger partial charge in [-0.1, -0.05) is 6.92 Å². The molecule has 1 aliphatic heterocycles. The molecule has 156 valence electrons. The number of fused-ring (bicyclic) bond motifs is 1. The summed E-state index contributed by atoms with van der Waals surface area (Å²) in [6, 6.07) is 7.07. The van der Waals surface area contributed by atoms with Gasteiger partial charge >= 0.3 is 0 Å². The molecule has 0 aliphatic carbocycles. The molecular formula is C21H27N3O4S. The predicted octanol–water partition coefficient (Wildman–Crippen LogP) is 2.43. The van der Waals surface area contributed by atoms with Crippen LogP contribution < -0.4 is 9.46 Å². The molecule has 0 radical (unpaired) electrons. The molecule has 1 aromatic carbocycles. The van der Waals surface area contributed by atoms with Gasteiger partial charge < -0.3 is 9.64 Å². The van der Waals surface area contributed by atoms with E-state index in [-0.39, 0.29) is 18.2 Å². The zero-order valence-corrected chi connectivity index (χ0v) is 17.9. The van der Waals surface area contributed by atoms with Crippen LogP contribution in [-0.2, 0) is 29.5 Å². The Hall–Kier alpha value is -2.45. The zero-order valence-electron chi connectivity index (χ0n) is 17.1. The third-order valence-corrected chi connectivity index (χ3v) is 6.69. The highest BCUT2D eigenvalue weighted by Crippen LogP contribution is 2.25. The maximum atomic E-state index is 12.9. The van der Waals surface area contributed by atoms with Crippen molar-refractivity contribution in [3.05, 3.63) is 58.4 Å². The number of methoxy groups -OCH3 is 1. The first kappa shape index (κ1) is 21.3. The highest BCUT2D eigenvalue weighted by Gasteiger charge is 2.25. The van der Waals surface area contributed by atoms with Crippen molar-refractivity contribution in [2.45, 2.75) is 39.8 Å². The Kier molecular flexibility index (Phi) is 6.54. The van der Waals surface area contributed by atoms with Crippen molar-refractivity contribution < 1.29 is 17.9 Å². The van der Waals surface area contributed by atoms with Crippen LogP contribution in [0.25, 0.3) is 0 Å². The number of aryl methyl sites for hydroxylation is 1. The summed E-state index contributed by atoms with van der Waals surface area (Å²) in [5.41, 5.74) is 4.40. The van der Waals surface area contributed by atoms with E-state index in [0.29, 0.717) is 37.2 Å². The number of hydrogen-bond acceptors (Lipinski definition) is 5. The van der Waals surface area contributed by atoms with Gasteiger partial charge in [0.25, 0.3) is 5.91 Å². The van der Waals surface area contributed by atoms with Crippen LogP contribution in [0.1, 0.15) is 46.1 Å². The normalized spacial score (nSPS) is 13.8. The number of nitrogens with one attached hydrogen (secondary N) is 1. The van der Waals surface area contributed by atoms with E-state index >= 15 is 0 Å². The van der Waals surface area contributed by atoms with E-state index in [1.54, 1.807) is 42.5 Å². The number of benzene rings is 1. The minimum absolute atomic E-state index is 0.0379. The van der Waals surface area contributed by atoms with Crippen LogP contribution in [0.2, 0.25) is 0 Å². The van der Waals surface area contributed by atoms with Gasteiger partial charge in [0.15, 0.2) is 0 Å². The van der Waals surface area contributed by atoms with Gasteiger partial charge in [0.05, 0.1) is 12.9 Å². The van der Waals surface area contributed by atoms with Crippen molar-refractivity contribution in [3.8, 4) is 5.75 Å². The van der Waals surface area contributed by atoms with Crippen molar-refractivity contribution in [3.63, 3.8) is 0 Å². The van der Waals surface area contributed by atoms with Gasteiger partial charge in [-0.25, -0.2) is 13.1 Å². The summed E-state index contributed by atoms with van der Waals surface area (Å²) in [7, 11) is -1.70. The van der Waals surface area contributed by atoms with Gasteiger partial charge in [-0.2, -0.15) is 0 Å². The van der Waals surface area contributed by atoms with Gasteiger partial charge in [0, 0.05) is 37.1 Å². The topological polar surface area (TPSA) is 88.6 Å². The molecule has 0 fully saturated rings. The molecule has 0 spiro atoms. The molecule has 0 bridgehead atoms. The van der Waals surface area contributed by atoms with Crippen LogP contribution in [0.5, 0.6) is 5.75 Å². The second-order valence-corrected chi connectivity index (χ2v) is 9.10. The molecule has 1 aromatic heterocycles. The standard InChI is InChI=1S/C21H27N3O4S/c1-4-11-29(26,27)23-13-20-15(2)22-12-17-14-24(10-9-19(17)20)21(25)16-5-7-18(28-3)8-6-16/h5-8,12,23H,4,9-11,13-14H2,1-3H3. The predicted molar refractivity (Wildman–Crippen MR) is 111 cm³/mol. The Morgan fingerprint density at radius 1 is 1.28 bits per heavy atom. The largest absolute Gasteiger partial charge is 0.497 e. The smallest absolute Gasteiger partial charge is 0.254 e. The number of ether oxygens (including phenoxy) is 1. The number of sulfonamides is 1. The van der Waals surface area contributed by atoms with E-state index in [4.69, 9.17) is 4.74 Å². The van der Waals surface area contributed by atoms with E-state index < -0.39 is 10.0 Å². The average molecular weight is 418 g/mol. The molecule has 1 aliphatic rings. The van der Waals surface area contributed by atoms with Crippen molar-refractivity contribution in [2.75, 3.05) is 19.4 Å². The molecule has 2 aromatic rings. The molecule has 0 atom stereocenters. The van der Waals surface area contributed by atoms with Gasteiger partial charge in [-0.3, -0.25) is 9.78 Å². The van der Waals surface area contributed by atoms with E-state index in [9.17, 15) is 13.2 Å². The molecule has 1 N–H and O–H groups in total. The van der Waals surface area contributed by atoms with Gasteiger partial charge in [0.2, 0.25) is 10.0 Å². The summed E-state index contributed by atoms with van der Waals surface area (Å²) < 4.78 is 31.9. The molecule has 29 heavy (non-hydrogen) atoms. The Balaban J connectivity index is 1.77. The molecule has 2 heterocycles. The van der Waals surface area contributed by atoms with Crippen molar-refractivity contribution in [1.29, 1.82) is 0 Å². The van der Waals surface area contributed by atoms with Crippen LogP contribution in [0, 0.1) is 6.92 Å². The summed E-state index contributed by atoms with van der Waals surface area (Å²) in [5.74, 6) is 0.781. The summed E-state index contributed by atoms with van der Waals surface area (Å²) in [4.78, 5) is 19.1. The lowest BCUT2D eigenvalue weighted by molar-refractivity contribution is 0.0734. The number of rotatable bonds is 7. The highest BCUT2D eigenvalue weighted by atomic mass is 32.2. The minimum Gasteiger partial charge on any atom is -0.497 e. The first-order chi connectivity index (χ1) is 13.8. The number of nitrogens with zero attached hydrogens (tertiary/aromatic N) is 2. The fourth-order valence-corrected chi connectivity index (χ4v) is 4.62. The number of amides is 1. The SMILES string of the molecule is CCCS(=O)(=O)NCc1c(C)ncc2c1CCN(C(=O)c1ccc(OC)cc1)C2. The number of carbonyl (C=O) groups is 1. The monoisotopic (exact) mass is 417 g/mol. The molecule has 0 unspecified atom stereocenters. The summed E-state index contributed by atoms with van der Waals surface area (Å²) in [5, 5.41) is 0. The third kappa shape index (κ3) is 4.94. The molecule has 8 heteroatoms. The average Bonchev–Trinajstić information content (AvgIpc) is 2.72. The van der Waals surface area contributed by atoms with Gasteiger partial charge in [-0.05, 0) is 60.7 Å². The maximum Gasteiger partial charge on any atom is 0.254 e. The first-order valence-corrected chi connectivity index (χ1v) is 11.4. The number of pyridine rings is 1. The molecular weight excluding hydrogens is 390 g/mol. The Morgan fingerprint density at radius 3 is 2.66 bits per heavy atom. The van der Waals surface area contributed by atoms with Crippen LogP contribution in [0.4, 0.5) is 0 Å². The fourth-order valence-electron chi connectivity index (χ4n) is 3.57. The lowest BCUT2D eigenvalue weighted by atomic mass is 9.94. The van der Waals surface area contributed by atoms with E-state index in [0.717, 1.165) is 22.4 Å². The van der Waals surface area contributed by atoms with Crippen molar-refractivity contribution in [2.24, 2.45) is 0 Å². The Bertz CT molecular complexity index is 988. The second kappa shape index (κ2) is 8.92. The number of carbonyl (C=O) groups excluding carboxylic acids is 1. The summed E-state index contributed by atoms with van der Waals surface area (Å²) in [6.07, 6.45) is 3.04. The van der Waals surface area contributed by atoms with Gasteiger partial charge in [-0.15, -0.1) is 0 Å². The summed E-state index contributed by atoms with van der Waals surface area (Å²) >= 11 is 0. The molecule has 1 amide bonds. The second-order valence-electron chi connectivity index (χ2n) is 7.17. The quantitative estimate of drug-likeness (QED) is 0.747. The lowest BCUT2D eigenvalue weighted by Crippen LogP contribution is -2.37. The van der Waals surface area contributed by atoms with Crippen LogP contribution in [-0.4, -0.2) is 43.6 Å². The minimum atomic E-state index is -3.29. The van der Waals surface area contributed by atoms with Crippen LogP contribution in [0.15, 0.2) is 30.5 Å². The number of hydrogen-bond donors (Lipinski definition) is 1.